The summed E-state index contributed by atoms with van der Waals surface area (Å²) in [5.41, 5.74) is 3.41. The van der Waals surface area contributed by atoms with E-state index in [0.29, 0.717) is 28.5 Å². The van der Waals surface area contributed by atoms with Gasteiger partial charge in [-0.25, -0.2) is 0 Å². The highest BCUT2D eigenvalue weighted by molar-refractivity contribution is 6.08. The largest absolute Gasteiger partial charge is 0.496 e. The summed E-state index contributed by atoms with van der Waals surface area (Å²) in [6.07, 6.45) is 1.88. The highest BCUT2D eigenvalue weighted by Crippen LogP contribution is 2.36. The fraction of sp³-hybridized carbons (Fsp3) is 0.407. The van der Waals surface area contributed by atoms with Crippen LogP contribution < -0.4 is 15.6 Å². The second-order valence-corrected chi connectivity index (χ2v) is 9.67. The minimum Gasteiger partial charge on any atom is -0.496 e. The monoisotopic (exact) mass is 488 g/mol. The molecule has 4 heterocycles. The molecule has 36 heavy (non-hydrogen) atoms. The fourth-order valence-corrected chi connectivity index (χ4v) is 5.62. The Kier molecular flexibility index (Phi) is 6.15. The number of aryl methyl sites for hydroxylation is 2. The minimum atomic E-state index is -0.264. The molecule has 1 aliphatic rings. The highest BCUT2D eigenvalue weighted by atomic mass is 16.5. The van der Waals surface area contributed by atoms with Crippen LogP contribution in [0.2, 0.25) is 0 Å². The van der Waals surface area contributed by atoms with Crippen molar-refractivity contribution in [3.8, 4) is 5.75 Å². The Hall–Kier alpha value is -3.88. The number of carbonyl (C=O) groups is 1. The molecule has 2 atom stereocenters. The molecule has 0 fully saturated rings. The van der Waals surface area contributed by atoms with Gasteiger partial charge in [-0.2, -0.15) is 0 Å². The molecule has 188 valence electrons. The standard InChI is InChI=1S/C27H32N6O3/c1-15-12-23(36-5)21(26(34)29-15)14-28-27(35)25-17(3)33(22-9-7-6-8-20(22)25)16(2)19-10-11-32-18(4)30-31-24(32)13-19/h6-9,12,16,19H,10-11,13-14H2,1-5H3,(H,28,35)(H,29,34)/t16-,19?/m1/s1. The Morgan fingerprint density at radius 3 is 2.81 bits per heavy atom. The lowest BCUT2D eigenvalue weighted by Crippen LogP contribution is -2.29. The third-order valence-corrected chi connectivity index (χ3v) is 7.53. The Morgan fingerprint density at radius 2 is 2.03 bits per heavy atom. The maximum absolute atomic E-state index is 13.5. The second kappa shape index (κ2) is 9.29. The third kappa shape index (κ3) is 3.98. The number of nitrogens with zero attached hydrogens (tertiary/aromatic N) is 4. The summed E-state index contributed by atoms with van der Waals surface area (Å²) >= 11 is 0. The van der Waals surface area contributed by atoms with Crippen molar-refractivity contribution in [2.75, 3.05) is 7.11 Å². The lowest BCUT2D eigenvalue weighted by atomic mass is 9.90. The molecule has 9 nitrogen and oxygen atoms in total. The van der Waals surface area contributed by atoms with Crippen LogP contribution in [-0.2, 0) is 19.5 Å². The minimum absolute atomic E-state index is 0.0732. The number of aromatic amines is 1. The quantitative estimate of drug-likeness (QED) is 0.431. The van der Waals surface area contributed by atoms with Crippen molar-refractivity contribution < 1.29 is 9.53 Å². The van der Waals surface area contributed by atoms with Crippen molar-refractivity contribution in [3.05, 3.63) is 74.8 Å². The smallest absolute Gasteiger partial charge is 0.256 e. The molecular weight excluding hydrogens is 456 g/mol. The molecule has 1 aromatic carbocycles. The summed E-state index contributed by atoms with van der Waals surface area (Å²) in [5.74, 6) is 2.61. The summed E-state index contributed by atoms with van der Waals surface area (Å²) < 4.78 is 9.86. The SMILES string of the molecule is COc1cc(C)[nH]c(=O)c1CNC(=O)c1c(C)n([C@H](C)C2CCn3c(C)nnc3C2)c2ccccc12. The van der Waals surface area contributed by atoms with E-state index >= 15 is 0 Å². The molecular formula is C27H32N6O3. The first-order valence-electron chi connectivity index (χ1n) is 12.3. The molecule has 0 aliphatic carbocycles. The van der Waals surface area contributed by atoms with Crippen molar-refractivity contribution in [1.29, 1.82) is 0 Å². The molecule has 0 bridgehead atoms. The Bertz CT molecular complexity index is 1510. The van der Waals surface area contributed by atoms with Gasteiger partial charge in [-0.1, -0.05) is 18.2 Å². The molecule has 0 spiro atoms. The van der Waals surface area contributed by atoms with E-state index in [0.717, 1.165) is 47.6 Å². The van der Waals surface area contributed by atoms with Crippen LogP contribution in [0, 0.1) is 26.7 Å². The van der Waals surface area contributed by atoms with Gasteiger partial charge in [-0.05, 0) is 52.2 Å². The second-order valence-electron chi connectivity index (χ2n) is 9.67. The van der Waals surface area contributed by atoms with Gasteiger partial charge in [0.05, 0.1) is 24.8 Å². The number of benzene rings is 1. The predicted molar refractivity (Wildman–Crippen MR) is 137 cm³/mol. The topological polar surface area (TPSA) is 107 Å². The average Bonchev–Trinajstić information content (AvgIpc) is 3.38. The number of aromatic nitrogens is 5. The first kappa shape index (κ1) is 23.8. The van der Waals surface area contributed by atoms with Crippen molar-refractivity contribution >= 4 is 16.8 Å². The van der Waals surface area contributed by atoms with Gasteiger partial charge in [0, 0.05) is 41.3 Å². The van der Waals surface area contributed by atoms with Gasteiger partial charge in [0.2, 0.25) is 0 Å². The van der Waals surface area contributed by atoms with Gasteiger partial charge in [-0.3, -0.25) is 9.59 Å². The van der Waals surface area contributed by atoms with Crippen molar-refractivity contribution in [1.82, 2.24) is 29.6 Å². The summed E-state index contributed by atoms with van der Waals surface area (Å²) in [4.78, 5) is 28.8. The number of nitrogens with one attached hydrogen (secondary N) is 2. The molecule has 5 rings (SSSR count). The van der Waals surface area contributed by atoms with Gasteiger partial charge >= 0.3 is 0 Å². The van der Waals surface area contributed by atoms with E-state index in [-0.39, 0.29) is 24.1 Å². The molecule has 4 aromatic rings. The zero-order chi connectivity index (χ0) is 25.6. The van der Waals surface area contributed by atoms with Crippen LogP contribution in [0.3, 0.4) is 0 Å². The Morgan fingerprint density at radius 1 is 1.25 bits per heavy atom. The average molecular weight is 489 g/mol. The van der Waals surface area contributed by atoms with Crippen LogP contribution in [-0.4, -0.2) is 37.3 Å². The summed E-state index contributed by atoms with van der Waals surface area (Å²) in [6.45, 7) is 8.99. The molecule has 1 unspecified atom stereocenters. The Balaban J connectivity index is 1.46. The van der Waals surface area contributed by atoms with Crippen LogP contribution in [0.5, 0.6) is 5.75 Å². The lowest BCUT2D eigenvalue weighted by Gasteiger charge is -2.31. The van der Waals surface area contributed by atoms with Crippen molar-refractivity contribution in [2.45, 2.75) is 59.7 Å². The van der Waals surface area contributed by atoms with E-state index in [1.54, 1.807) is 13.0 Å². The number of hydrogen-bond acceptors (Lipinski definition) is 5. The number of carbonyl (C=O) groups excluding carboxylic acids is 1. The van der Waals surface area contributed by atoms with Crippen LogP contribution in [0.25, 0.3) is 10.9 Å². The fourth-order valence-electron chi connectivity index (χ4n) is 5.62. The number of rotatable bonds is 6. The molecule has 1 amide bonds. The normalized spacial score (nSPS) is 16.1. The van der Waals surface area contributed by atoms with E-state index < -0.39 is 0 Å². The predicted octanol–water partition coefficient (Wildman–Crippen LogP) is 3.61. The first-order valence-corrected chi connectivity index (χ1v) is 12.3. The van der Waals surface area contributed by atoms with E-state index in [1.165, 1.54) is 7.11 Å². The Labute approximate surface area is 209 Å². The number of hydrogen-bond donors (Lipinski definition) is 2. The van der Waals surface area contributed by atoms with Crippen molar-refractivity contribution in [3.63, 3.8) is 0 Å². The molecule has 0 saturated carbocycles. The molecule has 2 N–H and O–H groups in total. The summed E-state index contributed by atoms with van der Waals surface area (Å²) in [6, 6.07) is 9.94. The number of amides is 1. The van der Waals surface area contributed by atoms with Gasteiger partial charge in [-0.15, -0.1) is 10.2 Å². The number of ether oxygens (including phenoxy) is 1. The van der Waals surface area contributed by atoms with E-state index in [1.807, 2.05) is 32.0 Å². The highest BCUT2D eigenvalue weighted by Gasteiger charge is 2.30. The number of methoxy groups -OCH3 is 1. The number of para-hydroxylation sites is 1. The molecule has 3 aromatic heterocycles. The van der Waals surface area contributed by atoms with Crippen LogP contribution in [0.4, 0.5) is 0 Å². The van der Waals surface area contributed by atoms with E-state index in [2.05, 4.69) is 42.6 Å². The molecule has 0 saturated heterocycles. The lowest BCUT2D eigenvalue weighted by molar-refractivity contribution is 0.0951. The van der Waals surface area contributed by atoms with Gasteiger partial charge in [0.1, 0.15) is 17.4 Å². The van der Waals surface area contributed by atoms with Crippen LogP contribution in [0.15, 0.2) is 35.1 Å². The number of fused-ring (bicyclic) bond motifs is 2. The molecule has 1 aliphatic heterocycles. The molecule has 0 radical (unpaired) electrons. The maximum atomic E-state index is 13.5. The van der Waals surface area contributed by atoms with E-state index in [9.17, 15) is 9.59 Å². The van der Waals surface area contributed by atoms with Crippen LogP contribution in [0.1, 0.15) is 58.3 Å². The zero-order valence-electron chi connectivity index (χ0n) is 21.4. The summed E-state index contributed by atoms with van der Waals surface area (Å²) in [5, 5.41) is 12.5. The van der Waals surface area contributed by atoms with Gasteiger partial charge in [0.25, 0.3) is 11.5 Å². The zero-order valence-corrected chi connectivity index (χ0v) is 21.4. The summed E-state index contributed by atoms with van der Waals surface area (Å²) in [7, 11) is 1.52. The van der Waals surface area contributed by atoms with E-state index in [4.69, 9.17) is 4.74 Å². The van der Waals surface area contributed by atoms with Crippen LogP contribution >= 0.6 is 0 Å². The first-order chi connectivity index (χ1) is 17.3. The number of H-pyrrole nitrogens is 1. The van der Waals surface area contributed by atoms with Crippen molar-refractivity contribution in [2.24, 2.45) is 5.92 Å². The maximum Gasteiger partial charge on any atom is 0.256 e. The van der Waals surface area contributed by atoms with Gasteiger partial charge < -0.3 is 24.2 Å². The molecule has 9 heteroatoms. The third-order valence-electron chi connectivity index (χ3n) is 7.53. The number of pyridine rings is 1. The van der Waals surface area contributed by atoms with Gasteiger partial charge in [0.15, 0.2) is 0 Å².